The quantitative estimate of drug-likeness (QED) is 0.583. The van der Waals surface area contributed by atoms with Crippen LogP contribution in [0, 0.1) is 19.8 Å². The van der Waals surface area contributed by atoms with Crippen LogP contribution in [0.4, 0.5) is 4.79 Å². The lowest BCUT2D eigenvalue weighted by Gasteiger charge is -2.24. The third-order valence-corrected chi connectivity index (χ3v) is 5.25. The Morgan fingerprint density at radius 3 is 2.19 bits per heavy atom. The number of nitrogens with one attached hydrogen (secondary N) is 2. The zero-order chi connectivity index (χ0) is 23.7. The summed E-state index contributed by atoms with van der Waals surface area (Å²) in [6.45, 7) is 7.70. The molecular formula is C25H32N2O5. The van der Waals surface area contributed by atoms with Crippen molar-refractivity contribution in [3.8, 4) is 0 Å². The number of hydrogen-bond acceptors (Lipinski definition) is 5. The number of carbonyl (C=O) groups is 3. The summed E-state index contributed by atoms with van der Waals surface area (Å²) in [4.78, 5) is 37.5. The van der Waals surface area contributed by atoms with Crippen LogP contribution in [-0.4, -0.2) is 37.2 Å². The van der Waals surface area contributed by atoms with Crippen LogP contribution in [0.1, 0.15) is 36.1 Å². The Morgan fingerprint density at radius 2 is 1.59 bits per heavy atom. The maximum absolute atomic E-state index is 12.9. The molecule has 2 aromatic carbocycles. The maximum Gasteiger partial charge on any atom is 0.408 e. The standard InChI is InChI=1S/C25H32N2O5/c1-16(2)22(27-25(30)32-15-19-9-7-6-8-10-19)23(28)26-21(24(29)31-5)14-20-12-11-17(3)18(4)13-20/h6-13,16,21-22H,14-15H2,1-5H3,(H,26,28)(H,27,30)/t21-,22-/m0/s1. The van der Waals surface area contributed by atoms with Crippen molar-refractivity contribution in [2.75, 3.05) is 7.11 Å². The van der Waals surface area contributed by atoms with Crippen molar-refractivity contribution in [1.82, 2.24) is 10.6 Å². The van der Waals surface area contributed by atoms with Crippen molar-refractivity contribution in [3.63, 3.8) is 0 Å². The highest BCUT2D eigenvalue weighted by atomic mass is 16.5. The van der Waals surface area contributed by atoms with E-state index in [-0.39, 0.29) is 18.9 Å². The molecule has 7 nitrogen and oxygen atoms in total. The van der Waals surface area contributed by atoms with Crippen LogP contribution in [0.5, 0.6) is 0 Å². The molecule has 0 heterocycles. The van der Waals surface area contributed by atoms with E-state index in [1.807, 2.05) is 62.4 Å². The van der Waals surface area contributed by atoms with Crippen molar-refractivity contribution in [2.24, 2.45) is 5.92 Å². The molecule has 0 radical (unpaired) electrons. The number of ether oxygens (including phenoxy) is 2. The summed E-state index contributed by atoms with van der Waals surface area (Å²) in [5, 5.41) is 5.33. The maximum atomic E-state index is 12.9. The molecule has 0 bridgehead atoms. The van der Waals surface area contributed by atoms with Gasteiger partial charge < -0.3 is 20.1 Å². The molecule has 0 spiro atoms. The lowest BCUT2D eigenvalue weighted by atomic mass is 9.99. The van der Waals surface area contributed by atoms with E-state index in [4.69, 9.17) is 9.47 Å². The Balaban J connectivity index is 2.04. The average Bonchev–Trinajstić information content (AvgIpc) is 2.77. The van der Waals surface area contributed by atoms with Gasteiger partial charge in [-0.25, -0.2) is 9.59 Å². The van der Waals surface area contributed by atoms with E-state index in [1.54, 1.807) is 13.8 Å². The highest BCUT2D eigenvalue weighted by Gasteiger charge is 2.30. The number of carbonyl (C=O) groups excluding carboxylic acids is 3. The van der Waals surface area contributed by atoms with Gasteiger partial charge in [0, 0.05) is 6.42 Å². The second-order valence-electron chi connectivity index (χ2n) is 8.13. The van der Waals surface area contributed by atoms with Crippen LogP contribution in [-0.2, 0) is 32.1 Å². The molecule has 2 N–H and O–H groups in total. The molecule has 0 saturated carbocycles. The topological polar surface area (TPSA) is 93.7 Å². The van der Waals surface area contributed by atoms with Gasteiger partial charge in [-0.05, 0) is 42.0 Å². The minimum absolute atomic E-state index is 0.0939. The first-order valence-electron chi connectivity index (χ1n) is 10.6. The summed E-state index contributed by atoms with van der Waals surface area (Å²) in [6, 6.07) is 13.4. The largest absolute Gasteiger partial charge is 0.467 e. The molecule has 0 aromatic heterocycles. The summed E-state index contributed by atoms with van der Waals surface area (Å²) in [6.07, 6.45) is -0.422. The first-order valence-corrected chi connectivity index (χ1v) is 10.6. The molecule has 172 valence electrons. The first kappa shape index (κ1) is 24.9. The molecule has 0 saturated heterocycles. The number of benzene rings is 2. The monoisotopic (exact) mass is 440 g/mol. The van der Waals surface area contributed by atoms with Gasteiger partial charge in [0.2, 0.25) is 5.91 Å². The molecule has 2 rings (SSSR count). The Hall–Kier alpha value is -3.35. The normalized spacial score (nSPS) is 12.6. The molecule has 2 amide bonds. The number of rotatable bonds is 9. The van der Waals surface area contributed by atoms with Crippen molar-refractivity contribution in [3.05, 3.63) is 70.8 Å². The van der Waals surface area contributed by atoms with Crippen LogP contribution >= 0.6 is 0 Å². The van der Waals surface area contributed by atoms with E-state index in [0.717, 1.165) is 22.3 Å². The third-order valence-electron chi connectivity index (χ3n) is 5.25. The third kappa shape index (κ3) is 7.41. The van der Waals surface area contributed by atoms with Crippen LogP contribution in [0.25, 0.3) is 0 Å². The molecule has 2 aromatic rings. The van der Waals surface area contributed by atoms with Crippen molar-refractivity contribution >= 4 is 18.0 Å². The predicted molar refractivity (Wildman–Crippen MR) is 122 cm³/mol. The summed E-state index contributed by atoms with van der Waals surface area (Å²) in [5.74, 6) is -1.25. The van der Waals surface area contributed by atoms with E-state index >= 15 is 0 Å². The highest BCUT2D eigenvalue weighted by Crippen LogP contribution is 2.13. The van der Waals surface area contributed by atoms with E-state index in [0.29, 0.717) is 0 Å². The number of amides is 2. The number of alkyl carbamates (subject to hydrolysis) is 1. The zero-order valence-corrected chi connectivity index (χ0v) is 19.3. The second kappa shape index (κ2) is 11.9. The molecule has 0 aliphatic rings. The molecular weight excluding hydrogens is 408 g/mol. The van der Waals surface area contributed by atoms with Crippen molar-refractivity contribution in [2.45, 2.75) is 52.8 Å². The molecule has 0 aliphatic carbocycles. The Morgan fingerprint density at radius 1 is 0.906 bits per heavy atom. The summed E-state index contributed by atoms with van der Waals surface area (Å²) in [5.41, 5.74) is 3.98. The number of aryl methyl sites for hydroxylation is 2. The lowest BCUT2D eigenvalue weighted by Crippen LogP contribution is -2.54. The fourth-order valence-electron chi connectivity index (χ4n) is 3.19. The zero-order valence-electron chi connectivity index (χ0n) is 19.3. The van der Waals surface area contributed by atoms with Gasteiger partial charge in [-0.3, -0.25) is 4.79 Å². The van der Waals surface area contributed by atoms with E-state index in [9.17, 15) is 14.4 Å². The van der Waals surface area contributed by atoms with Gasteiger partial charge in [0.15, 0.2) is 0 Å². The average molecular weight is 441 g/mol. The summed E-state index contributed by atoms with van der Waals surface area (Å²) in [7, 11) is 1.28. The van der Waals surface area contributed by atoms with Crippen LogP contribution < -0.4 is 10.6 Å². The van der Waals surface area contributed by atoms with E-state index in [2.05, 4.69) is 10.6 Å². The fraction of sp³-hybridized carbons (Fsp3) is 0.400. The molecule has 0 aliphatic heterocycles. The Bertz CT molecular complexity index is 927. The first-order chi connectivity index (χ1) is 15.2. The number of hydrogen-bond donors (Lipinski definition) is 2. The van der Waals surface area contributed by atoms with Gasteiger partial charge in [-0.15, -0.1) is 0 Å². The molecule has 7 heteroatoms. The van der Waals surface area contributed by atoms with Crippen LogP contribution in [0.3, 0.4) is 0 Å². The Labute approximate surface area is 189 Å². The number of esters is 1. The lowest BCUT2D eigenvalue weighted by molar-refractivity contribution is -0.145. The van der Waals surface area contributed by atoms with Gasteiger partial charge in [-0.1, -0.05) is 62.4 Å². The van der Waals surface area contributed by atoms with Gasteiger partial charge in [-0.2, -0.15) is 0 Å². The minimum Gasteiger partial charge on any atom is -0.467 e. The number of methoxy groups -OCH3 is 1. The molecule has 0 unspecified atom stereocenters. The molecule has 32 heavy (non-hydrogen) atoms. The Kier molecular flexibility index (Phi) is 9.25. The smallest absolute Gasteiger partial charge is 0.408 e. The second-order valence-corrected chi connectivity index (χ2v) is 8.13. The van der Waals surface area contributed by atoms with Gasteiger partial charge in [0.1, 0.15) is 18.7 Å². The van der Waals surface area contributed by atoms with Gasteiger partial charge >= 0.3 is 12.1 Å². The minimum atomic E-state index is -0.877. The van der Waals surface area contributed by atoms with Gasteiger partial charge in [0.25, 0.3) is 0 Å². The van der Waals surface area contributed by atoms with E-state index in [1.165, 1.54) is 7.11 Å². The molecule has 0 fully saturated rings. The van der Waals surface area contributed by atoms with Crippen LogP contribution in [0.2, 0.25) is 0 Å². The highest BCUT2D eigenvalue weighted by molar-refractivity contribution is 5.90. The van der Waals surface area contributed by atoms with E-state index < -0.39 is 30.1 Å². The summed E-state index contributed by atoms with van der Waals surface area (Å²) < 4.78 is 10.1. The predicted octanol–water partition coefficient (Wildman–Crippen LogP) is 3.45. The van der Waals surface area contributed by atoms with Crippen molar-refractivity contribution < 1.29 is 23.9 Å². The van der Waals surface area contributed by atoms with Crippen LogP contribution in [0.15, 0.2) is 48.5 Å². The SMILES string of the molecule is COC(=O)[C@H](Cc1ccc(C)c(C)c1)NC(=O)[C@@H](NC(=O)OCc1ccccc1)C(C)C. The van der Waals surface area contributed by atoms with Gasteiger partial charge in [0.05, 0.1) is 7.11 Å². The molecule has 2 atom stereocenters. The fourth-order valence-corrected chi connectivity index (χ4v) is 3.19. The summed E-state index contributed by atoms with van der Waals surface area (Å²) >= 11 is 0. The van der Waals surface area contributed by atoms with Crippen molar-refractivity contribution in [1.29, 1.82) is 0 Å².